The largest absolute Gasteiger partial charge is 0.493 e. The first-order valence-electron chi connectivity index (χ1n) is 11.5. The van der Waals surface area contributed by atoms with E-state index in [4.69, 9.17) is 13.9 Å². The highest BCUT2D eigenvalue weighted by atomic mass is 16.5. The molecule has 3 aromatic carbocycles. The molecule has 0 fully saturated rings. The molecule has 0 saturated heterocycles. The molecule has 2 heterocycles. The fourth-order valence-electron chi connectivity index (χ4n) is 5.50. The number of Topliss-reactive ketones (excluding diaryl/α,β-unsaturated/α-hetero) is 1. The molecule has 0 saturated carbocycles. The lowest BCUT2D eigenvalue weighted by Gasteiger charge is -2.37. The Kier molecular flexibility index (Phi) is 4.91. The van der Waals surface area contributed by atoms with E-state index in [2.05, 4.69) is 29.6 Å². The van der Waals surface area contributed by atoms with Crippen molar-refractivity contribution in [1.29, 1.82) is 0 Å². The van der Waals surface area contributed by atoms with E-state index in [1.807, 2.05) is 42.5 Å². The number of ketones is 1. The second-order valence-corrected chi connectivity index (χ2v) is 8.86. The summed E-state index contributed by atoms with van der Waals surface area (Å²) in [4.78, 5) is 13.7. The molecule has 0 radical (unpaired) electrons. The zero-order valence-corrected chi connectivity index (χ0v) is 19.1. The molecule has 2 aliphatic rings. The summed E-state index contributed by atoms with van der Waals surface area (Å²) >= 11 is 0. The molecule has 1 aromatic heterocycles. The number of carbonyl (C=O) groups is 1. The fraction of sp³-hybridized carbons (Fsp3) is 0.207. The highest BCUT2D eigenvalue weighted by Gasteiger charge is 2.40. The van der Waals surface area contributed by atoms with Crippen molar-refractivity contribution in [3.05, 3.63) is 101 Å². The van der Waals surface area contributed by atoms with Crippen LogP contribution < -0.4 is 14.8 Å². The Labute approximate surface area is 198 Å². The monoisotopic (exact) mass is 451 g/mol. The zero-order valence-electron chi connectivity index (χ0n) is 19.1. The van der Waals surface area contributed by atoms with Gasteiger partial charge < -0.3 is 19.2 Å². The van der Waals surface area contributed by atoms with Crippen LogP contribution in [0.3, 0.4) is 0 Å². The zero-order chi connectivity index (χ0) is 23.2. The van der Waals surface area contributed by atoms with Gasteiger partial charge in [0.15, 0.2) is 17.3 Å². The van der Waals surface area contributed by atoms with Crippen LogP contribution >= 0.6 is 0 Å². The van der Waals surface area contributed by atoms with E-state index in [9.17, 15) is 4.79 Å². The Morgan fingerprint density at radius 3 is 2.56 bits per heavy atom. The third kappa shape index (κ3) is 3.19. The molecule has 0 spiro atoms. The number of fused-ring (bicyclic) bond motifs is 3. The lowest BCUT2D eigenvalue weighted by Crippen LogP contribution is -2.29. The molecular weight excluding hydrogens is 426 g/mol. The summed E-state index contributed by atoms with van der Waals surface area (Å²) < 4.78 is 16.8. The van der Waals surface area contributed by atoms with E-state index >= 15 is 0 Å². The van der Waals surface area contributed by atoms with Crippen molar-refractivity contribution >= 4 is 22.2 Å². The number of nitrogens with one attached hydrogen (secondary N) is 1. The maximum atomic E-state index is 13.7. The van der Waals surface area contributed by atoms with Crippen LogP contribution in [0, 0.1) is 0 Å². The van der Waals surface area contributed by atoms with Crippen molar-refractivity contribution in [3.8, 4) is 11.5 Å². The molecule has 4 aromatic rings. The van der Waals surface area contributed by atoms with Gasteiger partial charge in [0.1, 0.15) is 5.76 Å². The number of carbonyl (C=O) groups excluding carboxylic acids is 1. The molecule has 1 aliphatic carbocycles. The number of methoxy groups -OCH3 is 2. The van der Waals surface area contributed by atoms with Crippen LogP contribution in [-0.2, 0) is 4.79 Å². The minimum absolute atomic E-state index is 0.0295. The summed E-state index contributed by atoms with van der Waals surface area (Å²) in [5, 5.41) is 5.91. The van der Waals surface area contributed by atoms with Gasteiger partial charge in [-0.1, -0.05) is 36.4 Å². The number of allylic oxidation sites excluding steroid dienone is 2. The molecule has 5 nitrogen and oxygen atoms in total. The van der Waals surface area contributed by atoms with Crippen molar-refractivity contribution in [2.24, 2.45) is 0 Å². The SMILES string of the molecule is COc1ccc([C@@H]2C3=C(C[C@H](c4ccco4)CC3=O)Nc3ccc4ccccc4c32)cc1OC. The molecule has 1 aliphatic heterocycles. The summed E-state index contributed by atoms with van der Waals surface area (Å²) in [7, 11) is 3.27. The van der Waals surface area contributed by atoms with Crippen LogP contribution in [-0.4, -0.2) is 20.0 Å². The number of hydrogen-bond acceptors (Lipinski definition) is 5. The number of hydrogen-bond donors (Lipinski definition) is 1. The van der Waals surface area contributed by atoms with E-state index in [-0.39, 0.29) is 17.6 Å². The standard InChI is InChI=1S/C29H25NO4/c1-32-25-12-10-18(16-26(25)33-2)27-28-20-7-4-3-6-17(20)9-11-21(28)30-22-14-19(15-23(31)29(22)27)24-8-5-13-34-24/h3-13,16,19,27,30H,14-15H2,1-2H3/t19-,27-/m0/s1. The number of benzene rings is 3. The van der Waals surface area contributed by atoms with Gasteiger partial charge in [-0.3, -0.25) is 4.79 Å². The van der Waals surface area contributed by atoms with Crippen LogP contribution in [0.15, 0.2) is 88.7 Å². The molecule has 34 heavy (non-hydrogen) atoms. The number of furan rings is 1. The van der Waals surface area contributed by atoms with Crippen LogP contribution in [0.5, 0.6) is 11.5 Å². The quantitative estimate of drug-likeness (QED) is 0.389. The van der Waals surface area contributed by atoms with E-state index in [0.29, 0.717) is 17.9 Å². The van der Waals surface area contributed by atoms with E-state index < -0.39 is 0 Å². The van der Waals surface area contributed by atoms with E-state index in [1.165, 1.54) is 0 Å². The summed E-state index contributed by atoms with van der Waals surface area (Å²) in [5.74, 6) is 2.14. The second-order valence-electron chi connectivity index (χ2n) is 8.86. The predicted molar refractivity (Wildman–Crippen MR) is 132 cm³/mol. The van der Waals surface area contributed by atoms with Crippen LogP contribution in [0.2, 0.25) is 0 Å². The molecule has 2 atom stereocenters. The Balaban J connectivity index is 1.58. The van der Waals surface area contributed by atoms with Gasteiger partial charge in [-0.05, 0) is 58.7 Å². The normalized spacial score (nSPS) is 19.4. The van der Waals surface area contributed by atoms with Crippen LogP contribution in [0.4, 0.5) is 5.69 Å². The Morgan fingerprint density at radius 2 is 1.76 bits per heavy atom. The molecule has 6 rings (SSSR count). The lowest BCUT2D eigenvalue weighted by atomic mass is 9.71. The van der Waals surface area contributed by atoms with Gasteiger partial charge in [0, 0.05) is 35.2 Å². The van der Waals surface area contributed by atoms with Gasteiger partial charge >= 0.3 is 0 Å². The van der Waals surface area contributed by atoms with Crippen molar-refractivity contribution < 1.29 is 18.7 Å². The lowest BCUT2D eigenvalue weighted by molar-refractivity contribution is -0.116. The first-order chi connectivity index (χ1) is 16.7. The first-order valence-corrected chi connectivity index (χ1v) is 11.5. The molecule has 0 unspecified atom stereocenters. The van der Waals surface area contributed by atoms with Crippen molar-refractivity contribution in [3.63, 3.8) is 0 Å². The summed E-state index contributed by atoms with van der Waals surface area (Å²) in [6.45, 7) is 0. The molecule has 170 valence electrons. The average molecular weight is 452 g/mol. The van der Waals surface area contributed by atoms with E-state index in [0.717, 1.165) is 51.0 Å². The van der Waals surface area contributed by atoms with Gasteiger partial charge in [-0.25, -0.2) is 0 Å². The maximum absolute atomic E-state index is 13.7. The topological polar surface area (TPSA) is 60.7 Å². The summed E-state index contributed by atoms with van der Waals surface area (Å²) in [6.07, 6.45) is 2.83. The van der Waals surface area contributed by atoms with Crippen molar-refractivity contribution in [1.82, 2.24) is 0 Å². The molecule has 5 heteroatoms. The second kappa shape index (κ2) is 8.10. The number of anilines is 1. The Morgan fingerprint density at radius 1 is 0.912 bits per heavy atom. The van der Waals surface area contributed by atoms with E-state index in [1.54, 1.807) is 20.5 Å². The van der Waals surface area contributed by atoms with Crippen LogP contribution in [0.1, 0.15) is 41.6 Å². The van der Waals surface area contributed by atoms with Gasteiger partial charge in [0.05, 0.1) is 20.5 Å². The molecule has 0 bridgehead atoms. The predicted octanol–water partition coefficient (Wildman–Crippen LogP) is 6.41. The van der Waals surface area contributed by atoms with Gasteiger partial charge in [-0.2, -0.15) is 0 Å². The molecule has 0 amide bonds. The minimum atomic E-state index is -0.206. The summed E-state index contributed by atoms with van der Waals surface area (Å²) in [5.41, 5.74) is 4.96. The number of rotatable bonds is 4. The van der Waals surface area contributed by atoms with Crippen molar-refractivity contribution in [2.45, 2.75) is 24.7 Å². The van der Waals surface area contributed by atoms with Gasteiger partial charge in [0.25, 0.3) is 0 Å². The van der Waals surface area contributed by atoms with Crippen LogP contribution in [0.25, 0.3) is 10.8 Å². The Hall–Kier alpha value is -3.99. The highest BCUT2D eigenvalue weighted by Crippen LogP contribution is 2.50. The maximum Gasteiger partial charge on any atom is 0.162 e. The average Bonchev–Trinajstić information content (AvgIpc) is 3.42. The summed E-state index contributed by atoms with van der Waals surface area (Å²) in [6, 6.07) is 22.4. The highest BCUT2D eigenvalue weighted by molar-refractivity contribution is 6.04. The third-order valence-electron chi connectivity index (χ3n) is 7.03. The van der Waals surface area contributed by atoms with Gasteiger partial charge in [-0.15, -0.1) is 0 Å². The molecule has 1 N–H and O–H groups in total. The van der Waals surface area contributed by atoms with Crippen molar-refractivity contribution in [2.75, 3.05) is 19.5 Å². The first kappa shape index (κ1) is 20.6. The number of ether oxygens (including phenoxy) is 2. The Bertz CT molecular complexity index is 1430. The smallest absolute Gasteiger partial charge is 0.162 e. The van der Waals surface area contributed by atoms with Gasteiger partial charge in [0.2, 0.25) is 0 Å². The molecular formula is C29H25NO4. The third-order valence-corrected chi connectivity index (χ3v) is 7.03. The fourth-order valence-corrected chi connectivity index (χ4v) is 5.50. The minimum Gasteiger partial charge on any atom is -0.493 e.